The fraction of sp³-hybridized carbons (Fsp3) is 0.154. The van der Waals surface area contributed by atoms with Crippen LogP contribution in [0.2, 0.25) is 0 Å². The van der Waals surface area contributed by atoms with Gasteiger partial charge in [0.2, 0.25) is 5.88 Å². The van der Waals surface area contributed by atoms with E-state index in [9.17, 15) is 10.1 Å². The molecule has 98 valence electrons. The maximum absolute atomic E-state index is 10.7. The van der Waals surface area contributed by atoms with E-state index in [4.69, 9.17) is 4.74 Å². The molecule has 0 N–H and O–H groups in total. The SMILES string of the molecule is Cc1cc(Oc2nccc(C)c2Br)ccc1[N+](=O)[O-]. The van der Waals surface area contributed by atoms with Crippen molar-refractivity contribution < 1.29 is 9.66 Å². The monoisotopic (exact) mass is 322 g/mol. The largest absolute Gasteiger partial charge is 0.438 e. The molecule has 19 heavy (non-hydrogen) atoms. The fourth-order valence-corrected chi connectivity index (χ4v) is 1.91. The molecule has 0 saturated carbocycles. The van der Waals surface area contributed by atoms with Crippen LogP contribution in [-0.2, 0) is 0 Å². The number of aryl methyl sites for hydroxylation is 2. The summed E-state index contributed by atoms with van der Waals surface area (Å²) in [4.78, 5) is 14.4. The second-order valence-electron chi connectivity index (χ2n) is 4.05. The maximum atomic E-state index is 10.7. The van der Waals surface area contributed by atoms with Crippen LogP contribution in [0.5, 0.6) is 11.6 Å². The molecule has 1 heterocycles. The highest BCUT2D eigenvalue weighted by atomic mass is 79.9. The highest BCUT2D eigenvalue weighted by Crippen LogP contribution is 2.31. The summed E-state index contributed by atoms with van der Waals surface area (Å²) < 4.78 is 6.39. The second kappa shape index (κ2) is 5.36. The number of ether oxygens (including phenoxy) is 1. The Morgan fingerprint density at radius 3 is 2.63 bits per heavy atom. The smallest absolute Gasteiger partial charge is 0.272 e. The van der Waals surface area contributed by atoms with Crippen molar-refractivity contribution in [3.8, 4) is 11.6 Å². The van der Waals surface area contributed by atoms with Crippen LogP contribution < -0.4 is 4.74 Å². The number of nitro groups is 1. The summed E-state index contributed by atoms with van der Waals surface area (Å²) in [6.45, 7) is 3.60. The molecule has 6 heteroatoms. The minimum absolute atomic E-state index is 0.0728. The van der Waals surface area contributed by atoms with Gasteiger partial charge in [0.15, 0.2) is 0 Å². The number of nitro benzene ring substituents is 1. The molecule has 0 fully saturated rings. The van der Waals surface area contributed by atoms with Gasteiger partial charge in [0.25, 0.3) is 5.69 Å². The zero-order chi connectivity index (χ0) is 14.0. The van der Waals surface area contributed by atoms with Gasteiger partial charge in [-0.25, -0.2) is 4.98 Å². The number of aromatic nitrogens is 1. The van der Waals surface area contributed by atoms with E-state index in [2.05, 4.69) is 20.9 Å². The predicted octanol–water partition coefficient (Wildman–Crippen LogP) is 4.16. The van der Waals surface area contributed by atoms with Gasteiger partial charge in [-0.15, -0.1) is 0 Å². The van der Waals surface area contributed by atoms with Gasteiger partial charge in [-0.05, 0) is 53.5 Å². The predicted molar refractivity (Wildman–Crippen MR) is 74.6 cm³/mol. The van der Waals surface area contributed by atoms with Crippen molar-refractivity contribution in [2.24, 2.45) is 0 Å². The first-order chi connectivity index (χ1) is 8.99. The van der Waals surface area contributed by atoms with E-state index in [0.717, 1.165) is 10.0 Å². The lowest BCUT2D eigenvalue weighted by atomic mass is 10.2. The van der Waals surface area contributed by atoms with Gasteiger partial charge in [0.1, 0.15) is 5.75 Å². The van der Waals surface area contributed by atoms with Crippen LogP contribution in [0.3, 0.4) is 0 Å². The summed E-state index contributed by atoms with van der Waals surface area (Å²) in [6.07, 6.45) is 1.65. The van der Waals surface area contributed by atoms with Gasteiger partial charge in [0, 0.05) is 17.8 Å². The summed E-state index contributed by atoms with van der Waals surface area (Å²) in [5, 5.41) is 10.7. The van der Waals surface area contributed by atoms with Crippen molar-refractivity contribution in [1.82, 2.24) is 4.98 Å². The summed E-state index contributed by atoms with van der Waals surface area (Å²) >= 11 is 3.40. The first kappa shape index (κ1) is 13.5. The maximum Gasteiger partial charge on any atom is 0.272 e. The van der Waals surface area contributed by atoms with E-state index in [1.54, 1.807) is 25.3 Å². The molecule has 0 radical (unpaired) electrons. The van der Waals surface area contributed by atoms with Crippen LogP contribution in [0, 0.1) is 24.0 Å². The van der Waals surface area contributed by atoms with E-state index >= 15 is 0 Å². The first-order valence-electron chi connectivity index (χ1n) is 5.53. The van der Waals surface area contributed by atoms with Gasteiger partial charge in [0.05, 0.1) is 9.40 Å². The van der Waals surface area contributed by atoms with Crippen LogP contribution in [0.25, 0.3) is 0 Å². The van der Waals surface area contributed by atoms with E-state index < -0.39 is 4.92 Å². The highest BCUT2D eigenvalue weighted by Gasteiger charge is 2.12. The second-order valence-corrected chi connectivity index (χ2v) is 4.85. The summed E-state index contributed by atoms with van der Waals surface area (Å²) in [7, 11) is 0. The van der Waals surface area contributed by atoms with Crippen molar-refractivity contribution in [3.05, 3.63) is 56.2 Å². The molecular formula is C13H11BrN2O3. The number of nitrogens with zero attached hydrogens (tertiary/aromatic N) is 2. The fourth-order valence-electron chi connectivity index (χ4n) is 1.59. The number of pyridine rings is 1. The zero-order valence-corrected chi connectivity index (χ0v) is 12.0. The number of hydrogen-bond acceptors (Lipinski definition) is 4. The summed E-state index contributed by atoms with van der Waals surface area (Å²) in [6, 6.07) is 6.46. The molecule has 0 aliphatic heterocycles. The molecule has 0 amide bonds. The van der Waals surface area contributed by atoms with Gasteiger partial charge in [-0.1, -0.05) is 0 Å². The van der Waals surface area contributed by atoms with Gasteiger partial charge >= 0.3 is 0 Å². The Bertz CT molecular complexity index is 644. The van der Waals surface area contributed by atoms with Crippen molar-refractivity contribution in [2.75, 3.05) is 0 Å². The number of rotatable bonds is 3. The Labute approximate surface area is 118 Å². The van der Waals surface area contributed by atoms with Crippen molar-refractivity contribution in [2.45, 2.75) is 13.8 Å². The summed E-state index contributed by atoms with van der Waals surface area (Å²) in [5.41, 5.74) is 1.62. The van der Waals surface area contributed by atoms with E-state index in [1.165, 1.54) is 6.07 Å². The highest BCUT2D eigenvalue weighted by molar-refractivity contribution is 9.10. The standard InChI is InChI=1S/C13H11BrN2O3/c1-8-5-6-15-13(12(8)14)19-10-3-4-11(16(17)18)9(2)7-10/h3-7H,1-2H3. The number of hydrogen-bond donors (Lipinski definition) is 0. The Hall–Kier alpha value is -1.95. The Balaban J connectivity index is 2.32. The number of halogens is 1. The van der Waals surface area contributed by atoms with Gasteiger partial charge in [-0.3, -0.25) is 10.1 Å². The molecule has 0 aliphatic rings. The van der Waals surface area contributed by atoms with Crippen LogP contribution in [-0.4, -0.2) is 9.91 Å². The van der Waals surface area contributed by atoms with Crippen LogP contribution in [0.15, 0.2) is 34.9 Å². The van der Waals surface area contributed by atoms with Gasteiger partial charge < -0.3 is 4.74 Å². The third kappa shape index (κ3) is 2.90. The molecule has 0 unspecified atom stereocenters. The Morgan fingerprint density at radius 2 is 2.00 bits per heavy atom. The molecule has 0 saturated heterocycles. The van der Waals surface area contributed by atoms with Crippen molar-refractivity contribution in [3.63, 3.8) is 0 Å². The van der Waals surface area contributed by atoms with Crippen LogP contribution >= 0.6 is 15.9 Å². The van der Waals surface area contributed by atoms with E-state index in [0.29, 0.717) is 17.2 Å². The molecule has 1 aromatic heterocycles. The third-order valence-electron chi connectivity index (χ3n) is 2.63. The minimum Gasteiger partial charge on any atom is -0.438 e. The molecule has 1 aromatic carbocycles. The first-order valence-corrected chi connectivity index (χ1v) is 6.32. The quantitative estimate of drug-likeness (QED) is 0.628. The molecule has 2 rings (SSSR count). The molecule has 0 atom stereocenters. The lowest BCUT2D eigenvalue weighted by Crippen LogP contribution is -1.94. The molecule has 0 bridgehead atoms. The average molecular weight is 323 g/mol. The third-order valence-corrected chi connectivity index (χ3v) is 3.59. The molecular weight excluding hydrogens is 312 g/mol. The van der Waals surface area contributed by atoms with E-state index in [1.807, 2.05) is 13.0 Å². The Kier molecular flexibility index (Phi) is 3.80. The molecule has 5 nitrogen and oxygen atoms in total. The number of benzene rings is 1. The van der Waals surface area contributed by atoms with Crippen LogP contribution in [0.4, 0.5) is 5.69 Å². The lowest BCUT2D eigenvalue weighted by molar-refractivity contribution is -0.385. The van der Waals surface area contributed by atoms with Gasteiger partial charge in [-0.2, -0.15) is 0 Å². The normalized spacial score (nSPS) is 10.3. The summed E-state index contributed by atoms with van der Waals surface area (Å²) in [5.74, 6) is 0.954. The topological polar surface area (TPSA) is 65.3 Å². The Morgan fingerprint density at radius 1 is 1.26 bits per heavy atom. The molecule has 0 aliphatic carbocycles. The molecule has 2 aromatic rings. The zero-order valence-electron chi connectivity index (χ0n) is 10.4. The minimum atomic E-state index is -0.417. The average Bonchev–Trinajstić information content (AvgIpc) is 2.34. The van der Waals surface area contributed by atoms with Crippen molar-refractivity contribution >= 4 is 21.6 Å². The van der Waals surface area contributed by atoms with E-state index in [-0.39, 0.29) is 5.69 Å². The van der Waals surface area contributed by atoms with Crippen molar-refractivity contribution in [1.29, 1.82) is 0 Å². The molecule has 0 spiro atoms. The van der Waals surface area contributed by atoms with Crippen LogP contribution in [0.1, 0.15) is 11.1 Å². The lowest BCUT2D eigenvalue weighted by Gasteiger charge is -2.08.